The number of carbonyl (C=O) groups is 3. The Hall–Kier alpha value is -7.15. The molecular formula is C47H46F2N10O8S. The number of methoxy groups -OCH3 is 1. The molecule has 6 heterocycles. The SMILES string of the molecule is COc1cc(N2CC(CN3CCN(c4ccc(-n5cnc6ccc(Oc7c(F)ccc(NS(=O)(=O)N8CC[C@@H](F)C8)c7C#N)cc6c5=O)cc4)CC3)C2)cc2c1C(=O)N([C@H]1CCC(=O)NC1=O)C2. The monoisotopic (exact) mass is 948 g/mol. The van der Waals surface area contributed by atoms with Gasteiger partial charge in [0.15, 0.2) is 11.6 Å². The molecule has 21 heteroatoms. The van der Waals surface area contributed by atoms with Crippen LogP contribution in [0.25, 0.3) is 16.6 Å². The van der Waals surface area contributed by atoms with Crippen LogP contribution >= 0.6 is 0 Å². The van der Waals surface area contributed by atoms with Gasteiger partial charge in [-0.1, -0.05) is 0 Å². The molecule has 2 atom stereocenters. The molecule has 4 saturated heterocycles. The number of aromatic nitrogens is 2. The lowest BCUT2D eigenvalue weighted by Gasteiger charge is -2.45. The number of hydrogen-bond donors (Lipinski definition) is 2. The fourth-order valence-electron chi connectivity index (χ4n) is 9.70. The highest BCUT2D eigenvalue weighted by molar-refractivity contribution is 7.90. The molecule has 5 aromatic rings. The van der Waals surface area contributed by atoms with E-state index in [1.807, 2.05) is 36.4 Å². The van der Waals surface area contributed by atoms with Crippen LogP contribution in [0.5, 0.6) is 17.2 Å². The van der Waals surface area contributed by atoms with Crippen molar-refractivity contribution in [2.45, 2.75) is 38.0 Å². The fourth-order valence-corrected chi connectivity index (χ4v) is 11.0. The molecule has 1 aromatic heterocycles. The highest BCUT2D eigenvalue weighted by Crippen LogP contribution is 2.40. The number of amides is 3. The lowest BCUT2D eigenvalue weighted by molar-refractivity contribution is -0.136. The number of anilines is 3. The van der Waals surface area contributed by atoms with Crippen LogP contribution in [0, 0.1) is 23.1 Å². The first-order chi connectivity index (χ1) is 32.8. The zero-order valence-electron chi connectivity index (χ0n) is 36.9. The van der Waals surface area contributed by atoms with Gasteiger partial charge in [0.2, 0.25) is 11.8 Å². The van der Waals surface area contributed by atoms with E-state index in [4.69, 9.17) is 9.47 Å². The fraction of sp³-hybridized carbons (Fsp3) is 0.362. The summed E-state index contributed by atoms with van der Waals surface area (Å²) < 4.78 is 70.8. The van der Waals surface area contributed by atoms with E-state index in [9.17, 15) is 37.2 Å². The lowest BCUT2D eigenvalue weighted by atomic mass is 9.96. The van der Waals surface area contributed by atoms with E-state index in [0.717, 1.165) is 79.2 Å². The number of nitrogens with zero attached hydrogens (tertiary/aromatic N) is 8. The maximum atomic E-state index is 15.2. The number of alkyl halides is 1. The van der Waals surface area contributed by atoms with Crippen LogP contribution in [-0.2, 0) is 26.3 Å². The predicted molar refractivity (Wildman–Crippen MR) is 246 cm³/mol. The Morgan fingerprint density at radius 2 is 1.66 bits per heavy atom. The number of imide groups is 1. The summed E-state index contributed by atoms with van der Waals surface area (Å²) in [5, 5.41) is 12.5. The molecule has 0 bridgehead atoms. The summed E-state index contributed by atoms with van der Waals surface area (Å²) in [6, 6.07) is 19.0. The number of ether oxygens (including phenoxy) is 2. The van der Waals surface area contributed by atoms with Crippen molar-refractivity contribution in [3.8, 4) is 29.0 Å². The number of carbonyl (C=O) groups excluding carboxylic acids is 3. The zero-order chi connectivity index (χ0) is 47.4. The van der Waals surface area contributed by atoms with Crippen molar-refractivity contribution < 1.29 is 41.1 Å². The van der Waals surface area contributed by atoms with Gasteiger partial charge in [0.05, 0.1) is 35.0 Å². The van der Waals surface area contributed by atoms with E-state index < -0.39 is 51.0 Å². The van der Waals surface area contributed by atoms with Crippen LogP contribution in [0.2, 0.25) is 0 Å². The number of halogens is 2. The zero-order valence-corrected chi connectivity index (χ0v) is 37.7. The van der Waals surface area contributed by atoms with Crippen LogP contribution in [0.4, 0.5) is 25.8 Å². The Morgan fingerprint density at radius 1 is 0.897 bits per heavy atom. The van der Waals surface area contributed by atoms with Crippen molar-refractivity contribution in [1.29, 1.82) is 5.26 Å². The van der Waals surface area contributed by atoms with Gasteiger partial charge in [-0.05, 0) is 79.1 Å². The van der Waals surface area contributed by atoms with Crippen molar-refractivity contribution in [3.63, 3.8) is 0 Å². The Bertz CT molecular complexity index is 3080. The van der Waals surface area contributed by atoms with Crippen molar-refractivity contribution in [2.75, 3.05) is 80.5 Å². The Balaban J connectivity index is 0.749. The molecule has 0 saturated carbocycles. The molecule has 68 heavy (non-hydrogen) atoms. The normalized spacial score (nSPS) is 20.3. The first-order valence-electron chi connectivity index (χ1n) is 22.3. The van der Waals surface area contributed by atoms with Gasteiger partial charge < -0.3 is 24.2 Å². The Morgan fingerprint density at radius 3 is 2.37 bits per heavy atom. The van der Waals surface area contributed by atoms with E-state index in [1.54, 1.807) is 6.07 Å². The van der Waals surface area contributed by atoms with Gasteiger partial charge >= 0.3 is 10.2 Å². The van der Waals surface area contributed by atoms with Crippen LogP contribution in [-0.4, -0.2) is 128 Å². The number of rotatable bonds is 12. The number of benzene rings is 4. The van der Waals surface area contributed by atoms with Gasteiger partial charge in [0, 0.05) is 95.2 Å². The van der Waals surface area contributed by atoms with Crippen molar-refractivity contribution in [2.24, 2.45) is 5.92 Å². The maximum absolute atomic E-state index is 15.2. The third kappa shape index (κ3) is 8.43. The largest absolute Gasteiger partial charge is 0.496 e. The second-order valence-corrected chi connectivity index (χ2v) is 19.3. The van der Waals surface area contributed by atoms with E-state index in [2.05, 4.69) is 29.7 Å². The van der Waals surface area contributed by atoms with Crippen molar-refractivity contribution in [1.82, 2.24) is 29.0 Å². The molecule has 5 aliphatic heterocycles. The summed E-state index contributed by atoms with van der Waals surface area (Å²) in [7, 11) is -2.71. The van der Waals surface area contributed by atoms with Crippen LogP contribution in [0.15, 0.2) is 77.9 Å². The minimum absolute atomic E-state index is 0.00794. The van der Waals surface area contributed by atoms with Crippen molar-refractivity contribution in [3.05, 3.63) is 106 Å². The number of piperidine rings is 1. The summed E-state index contributed by atoms with van der Waals surface area (Å²) in [6.07, 6.45) is 0.638. The molecule has 0 unspecified atom stereocenters. The van der Waals surface area contributed by atoms with Gasteiger partial charge in [0.1, 0.15) is 41.7 Å². The molecular weight excluding hydrogens is 903 g/mol. The summed E-state index contributed by atoms with van der Waals surface area (Å²) in [4.78, 5) is 64.6. The van der Waals surface area contributed by atoms with Gasteiger partial charge in [-0.3, -0.25) is 38.7 Å². The summed E-state index contributed by atoms with van der Waals surface area (Å²) in [5.74, 6) is -1.58. The Kier molecular flexibility index (Phi) is 11.7. The average Bonchev–Trinajstić information content (AvgIpc) is 3.91. The van der Waals surface area contributed by atoms with Gasteiger partial charge in [-0.15, -0.1) is 0 Å². The topological polar surface area (TPSA) is 203 Å². The minimum Gasteiger partial charge on any atom is -0.496 e. The van der Waals surface area contributed by atoms with Gasteiger partial charge in [-0.2, -0.15) is 18.0 Å². The number of piperazine rings is 1. The minimum atomic E-state index is -4.25. The molecule has 0 spiro atoms. The summed E-state index contributed by atoms with van der Waals surface area (Å²) >= 11 is 0. The lowest BCUT2D eigenvalue weighted by Crippen LogP contribution is -2.55. The molecule has 352 valence electrons. The molecule has 2 N–H and O–H groups in total. The van der Waals surface area contributed by atoms with E-state index in [1.165, 1.54) is 41.1 Å². The molecule has 5 aliphatic rings. The smallest absolute Gasteiger partial charge is 0.301 e. The standard InChI is InChI=1S/C47H46F2N10O8S/c1-66-41-19-33(18-29-25-58(47(63)43(29)41)40-10-11-42(60)52-45(40)61)56-23-28(24-56)22-54-14-16-55(17-15-54)31-2-4-32(5-3-31)59-27-51-38-8-6-34(20-35(38)46(59)62)67-44-36(21-50)39(9-7-37(44)49)53-68(64,65)57-13-12-30(48)26-57/h2-9,18-20,27-28,30,40,53H,10-17,22-26H2,1H3,(H,52,60,61)/t30-,40+/m1/s1. The third-order valence-electron chi connectivity index (χ3n) is 13.3. The van der Waals surface area contributed by atoms with Crippen LogP contribution in [0.3, 0.4) is 0 Å². The molecule has 3 amide bonds. The average molecular weight is 949 g/mol. The third-order valence-corrected chi connectivity index (χ3v) is 14.8. The maximum Gasteiger partial charge on any atom is 0.301 e. The number of fused-ring (bicyclic) bond motifs is 2. The number of nitrogens with one attached hydrogen (secondary N) is 2. The number of hydrogen-bond acceptors (Lipinski definition) is 13. The molecule has 0 radical (unpaired) electrons. The first-order valence-corrected chi connectivity index (χ1v) is 23.7. The van der Waals surface area contributed by atoms with Crippen LogP contribution < -0.4 is 34.9 Å². The predicted octanol–water partition coefficient (Wildman–Crippen LogP) is 3.92. The highest BCUT2D eigenvalue weighted by Gasteiger charge is 2.42. The van der Waals surface area contributed by atoms with Crippen LogP contribution in [0.1, 0.15) is 40.7 Å². The van der Waals surface area contributed by atoms with Gasteiger partial charge in [-0.25, -0.2) is 13.8 Å². The van der Waals surface area contributed by atoms with Gasteiger partial charge in [0.25, 0.3) is 11.5 Å². The molecule has 4 fully saturated rings. The first kappa shape index (κ1) is 44.7. The second-order valence-electron chi connectivity index (χ2n) is 17.6. The molecule has 18 nitrogen and oxygen atoms in total. The molecule has 4 aromatic carbocycles. The molecule has 0 aliphatic carbocycles. The summed E-state index contributed by atoms with van der Waals surface area (Å²) in [6.45, 7) is 5.95. The second kappa shape index (κ2) is 17.8. The number of nitriles is 1. The van der Waals surface area contributed by atoms with E-state index >= 15 is 4.39 Å². The van der Waals surface area contributed by atoms with E-state index in [0.29, 0.717) is 34.9 Å². The Labute approximate surface area is 389 Å². The summed E-state index contributed by atoms with van der Waals surface area (Å²) in [5.41, 5.74) is 3.08. The van der Waals surface area contributed by atoms with E-state index in [-0.39, 0.29) is 61.1 Å². The quantitative estimate of drug-likeness (QED) is 0.171. The van der Waals surface area contributed by atoms with Crippen molar-refractivity contribution >= 4 is 55.9 Å². The molecule has 10 rings (SSSR count). The highest BCUT2D eigenvalue weighted by atomic mass is 32.2.